The number of nitrogens with one attached hydrogen (secondary N) is 1. The second-order valence-electron chi connectivity index (χ2n) is 8.05. The minimum Gasteiger partial charge on any atom is -0.490 e. The second kappa shape index (κ2) is 11.5. The van der Waals surface area contributed by atoms with Gasteiger partial charge in [-0.25, -0.2) is 0 Å². The molecule has 5 rings (SSSR count). The molecule has 2 heterocycles. The summed E-state index contributed by atoms with van der Waals surface area (Å²) < 4.78 is 17.3. The Kier molecular flexibility index (Phi) is 7.76. The van der Waals surface area contributed by atoms with E-state index in [0.29, 0.717) is 57.7 Å². The zero-order chi connectivity index (χ0) is 26.5. The van der Waals surface area contributed by atoms with Crippen molar-refractivity contribution in [3.05, 3.63) is 94.5 Å². The topological polar surface area (TPSA) is 96.6 Å². The molecule has 1 N–H and O–H groups in total. The third-order valence-electron chi connectivity index (χ3n) is 5.49. The summed E-state index contributed by atoms with van der Waals surface area (Å²) in [6.07, 6.45) is 1.60. The van der Waals surface area contributed by atoms with Crippen molar-refractivity contribution >= 4 is 51.4 Å². The van der Waals surface area contributed by atoms with Crippen LogP contribution in [0.4, 0.5) is 0 Å². The van der Waals surface area contributed by atoms with Crippen molar-refractivity contribution < 1.29 is 19.0 Å². The van der Waals surface area contributed by atoms with Gasteiger partial charge in [0.1, 0.15) is 24.0 Å². The Morgan fingerprint density at radius 3 is 2.53 bits per heavy atom. The summed E-state index contributed by atoms with van der Waals surface area (Å²) >= 11 is 7.51. The molecule has 0 spiro atoms. The summed E-state index contributed by atoms with van der Waals surface area (Å²) in [6, 6.07) is 22.1. The summed E-state index contributed by atoms with van der Waals surface area (Å²) in [5, 5.41) is 15.9. The average molecular weight is 547 g/mol. The summed E-state index contributed by atoms with van der Waals surface area (Å²) in [5.74, 6) is 1.28. The highest BCUT2D eigenvalue weighted by atomic mass is 35.5. The van der Waals surface area contributed by atoms with Crippen LogP contribution in [0.1, 0.15) is 18.1 Å². The molecule has 192 valence electrons. The van der Waals surface area contributed by atoms with Gasteiger partial charge in [-0.1, -0.05) is 54.1 Å². The lowest BCUT2D eigenvalue weighted by Gasteiger charge is -2.20. The molecule has 0 radical (unpaired) electrons. The second-order valence-corrected chi connectivity index (χ2v) is 9.42. The predicted octanol–water partition coefficient (Wildman–Crippen LogP) is 5.86. The number of fused-ring (bicyclic) bond motifs is 1. The molecule has 2 aliphatic heterocycles. The molecule has 0 saturated heterocycles. The number of amidine groups is 2. The van der Waals surface area contributed by atoms with Crippen LogP contribution in [0.3, 0.4) is 0 Å². The largest absolute Gasteiger partial charge is 0.490 e. The summed E-state index contributed by atoms with van der Waals surface area (Å²) in [6.45, 7) is 3.01. The molecule has 8 nitrogen and oxygen atoms in total. The Hall–Kier alpha value is -4.08. The molecule has 38 heavy (non-hydrogen) atoms. The predicted molar refractivity (Wildman–Crippen MR) is 151 cm³/mol. The van der Waals surface area contributed by atoms with Gasteiger partial charge < -0.3 is 14.2 Å². The number of thioether (sulfide) groups is 1. The first kappa shape index (κ1) is 25.6. The lowest BCUT2D eigenvalue weighted by molar-refractivity contribution is -0.114. The van der Waals surface area contributed by atoms with Crippen molar-refractivity contribution in [1.29, 1.82) is 5.41 Å². The van der Waals surface area contributed by atoms with E-state index in [4.69, 9.17) is 31.2 Å². The van der Waals surface area contributed by atoms with Crippen LogP contribution >= 0.6 is 23.4 Å². The first-order chi connectivity index (χ1) is 18.5. The van der Waals surface area contributed by atoms with Gasteiger partial charge in [0, 0.05) is 5.56 Å². The third-order valence-corrected chi connectivity index (χ3v) is 6.76. The first-order valence-electron chi connectivity index (χ1n) is 11.9. The number of benzene rings is 3. The van der Waals surface area contributed by atoms with E-state index >= 15 is 0 Å². The quantitative estimate of drug-likeness (QED) is 0.266. The number of rotatable bonds is 9. The number of para-hydroxylation sites is 1. The number of ether oxygens (including phenoxy) is 3. The zero-order valence-electron chi connectivity index (χ0n) is 20.4. The number of carbonyl (C=O) groups excluding carboxylic acids is 1. The molecule has 0 fully saturated rings. The van der Waals surface area contributed by atoms with Gasteiger partial charge in [-0.3, -0.25) is 10.2 Å². The van der Waals surface area contributed by atoms with E-state index in [1.807, 2.05) is 55.5 Å². The lowest BCUT2D eigenvalue weighted by atomic mass is 10.1. The van der Waals surface area contributed by atoms with Crippen molar-refractivity contribution in [3.8, 4) is 17.2 Å². The van der Waals surface area contributed by atoms with Crippen LogP contribution in [0.2, 0.25) is 5.02 Å². The third kappa shape index (κ3) is 5.58. The Labute approximate surface area is 229 Å². The molecule has 10 heteroatoms. The van der Waals surface area contributed by atoms with Gasteiger partial charge in [-0.2, -0.15) is 15.1 Å². The fraction of sp³-hybridized carbons (Fsp3) is 0.143. The monoisotopic (exact) mass is 546 g/mol. The number of hydrogen-bond donors (Lipinski definition) is 1. The molecule has 0 saturated carbocycles. The van der Waals surface area contributed by atoms with Gasteiger partial charge in [0.05, 0.1) is 17.2 Å². The Balaban J connectivity index is 1.32. The molecule has 2 aliphatic rings. The fourth-order valence-corrected chi connectivity index (χ4v) is 4.94. The average Bonchev–Trinajstić information content (AvgIpc) is 3.35. The van der Waals surface area contributed by atoms with Gasteiger partial charge in [-0.05, 0) is 60.7 Å². The highest BCUT2D eigenvalue weighted by molar-refractivity contribution is 8.27. The normalized spacial score (nSPS) is 15.7. The molecule has 3 aromatic rings. The maximum absolute atomic E-state index is 12.8. The van der Waals surface area contributed by atoms with Crippen molar-refractivity contribution in [2.45, 2.75) is 6.92 Å². The van der Waals surface area contributed by atoms with Crippen LogP contribution in [0, 0.1) is 5.41 Å². The van der Waals surface area contributed by atoms with Crippen molar-refractivity contribution in [2.24, 2.45) is 10.1 Å². The van der Waals surface area contributed by atoms with Crippen LogP contribution in [-0.2, 0) is 4.79 Å². The lowest BCUT2D eigenvalue weighted by Crippen LogP contribution is -2.35. The summed E-state index contributed by atoms with van der Waals surface area (Å²) in [4.78, 5) is 17.0. The van der Waals surface area contributed by atoms with E-state index in [1.54, 1.807) is 30.3 Å². The van der Waals surface area contributed by atoms with E-state index < -0.39 is 5.91 Å². The van der Waals surface area contributed by atoms with Gasteiger partial charge in [-0.15, -0.1) is 0 Å². The molecule has 0 atom stereocenters. The molecule has 3 aromatic carbocycles. The Morgan fingerprint density at radius 1 is 0.974 bits per heavy atom. The van der Waals surface area contributed by atoms with Gasteiger partial charge in [0.2, 0.25) is 5.17 Å². The van der Waals surface area contributed by atoms with Crippen LogP contribution < -0.4 is 14.2 Å². The number of amides is 1. The molecular formula is C28H23ClN4O4S. The smallest absolute Gasteiger partial charge is 0.283 e. The number of nitrogens with zero attached hydrogens (tertiary/aromatic N) is 3. The number of halogens is 1. The van der Waals surface area contributed by atoms with E-state index in [-0.39, 0.29) is 11.4 Å². The van der Waals surface area contributed by atoms with Crippen molar-refractivity contribution in [2.75, 3.05) is 19.8 Å². The van der Waals surface area contributed by atoms with Crippen LogP contribution in [0.5, 0.6) is 17.2 Å². The van der Waals surface area contributed by atoms with Gasteiger partial charge in [0.25, 0.3) is 5.91 Å². The minimum atomic E-state index is -0.513. The zero-order valence-corrected chi connectivity index (χ0v) is 22.0. The fourth-order valence-electron chi connectivity index (χ4n) is 3.73. The van der Waals surface area contributed by atoms with Crippen molar-refractivity contribution in [1.82, 2.24) is 5.01 Å². The standard InChI is InChI=1S/C28H23ClN4O4S/c1-2-35-24-17-18(12-13-23(24)37-15-14-36-19-8-4-3-5-9-19)16-21-25(30)33-28(31-26(21)34)38-27(32-33)20-10-6-7-11-22(20)29/h3-13,16-17,30H,2,14-15H2,1H3/b21-16-,30-25?. The van der Waals surface area contributed by atoms with E-state index in [2.05, 4.69) is 10.1 Å². The molecule has 0 aliphatic carbocycles. The maximum Gasteiger partial charge on any atom is 0.283 e. The Bertz CT molecular complexity index is 1470. The maximum atomic E-state index is 12.8. The van der Waals surface area contributed by atoms with Gasteiger partial charge in [0.15, 0.2) is 17.3 Å². The van der Waals surface area contributed by atoms with Crippen LogP contribution in [-0.4, -0.2) is 46.8 Å². The van der Waals surface area contributed by atoms with E-state index in [1.165, 1.54) is 16.8 Å². The van der Waals surface area contributed by atoms with Crippen LogP contribution in [0.15, 0.2) is 88.5 Å². The highest BCUT2D eigenvalue weighted by Crippen LogP contribution is 2.34. The molecule has 0 unspecified atom stereocenters. The van der Waals surface area contributed by atoms with Crippen molar-refractivity contribution in [3.63, 3.8) is 0 Å². The van der Waals surface area contributed by atoms with Gasteiger partial charge >= 0.3 is 0 Å². The number of aliphatic imine (C=N–C) groups is 1. The Morgan fingerprint density at radius 2 is 1.74 bits per heavy atom. The minimum absolute atomic E-state index is 0.0640. The molecule has 0 bridgehead atoms. The number of hydrazone groups is 1. The highest BCUT2D eigenvalue weighted by Gasteiger charge is 2.36. The van der Waals surface area contributed by atoms with Crippen LogP contribution in [0.25, 0.3) is 6.08 Å². The SMILES string of the molecule is CCOc1cc(/C=C2/C(=N)N3N=C(c4ccccc4Cl)SC3=NC2=O)ccc1OCCOc1ccccc1. The molecule has 1 amide bonds. The molecular weight excluding hydrogens is 524 g/mol. The summed E-state index contributed by atoms with van der Waals surface area (Å²) in [7, 11) is 0. The van der Waals surface area contributed by atoms with E-state index in [9.17, 15) is 4.79 Å². The number of hydrogen-bond acceptors (Lipinski definition) is 7. The number of carbonyl (C=O) groups is 1. The first-order valence-corrected chi connectivity index (χ1v) is 13.1. The van der Waals surface area contributed by atoms with E-state index in [0.717, 1.165) is 5.75 Å². The summed E-state index contributed by atoms with van der Waals surface area (Å²) in [5.41, 5.74) is 1.49. The molecule has 0 aromatic heterocycles.